The maximum atomic E-state index is 4.02. The van der Waals surface area contributed by atoms with Crippen LogP contribution in [0, 0.1) is 0 Å². The molecule has 12 heavy (non-hydrogen) atoms. The summed E-state index contributed by atoms with van der Waals surface area (Å²) in [6.07, 6.45) is 10.8. The summed E-state index contributed by atoms with van der Waals surface area (Å²) in [7, 11) is 0. The molecule has 0 N–H and O–H groups in total. The Labute approximate surface area is 75.0 Å². The van der Waals surface area contributed by atoms with Crippen molar-refractivity contribution in [3.8, 4) is 0 Å². The molecule has 0 unspecified atom stereocenters. The highest BCUT2D eigenvalue weighted by Gasteiger charge is 2.01. The lowest BCUT2D eigenvalue weighted by molar-refractivity contribution is 0.886. The van der Waals surface area contributed by atoms with Gasteiger partial charge in [-0.2, -0.15) is 0 Å². The van der Waals surface area contributed by atoms with E-state index in [4.69, 9.17) is 0 Å². The van der Waals surface area contributed by atoms with Gasteiger partial charge < -0.3 is 0 Å². The molecule has 0 nitrogen and oxygen atoms in total. The van der Waals surface area contributed by atoms with Gasteiger partial charge in [0.15, 0.2) is 0 Å². The Kier molecular flexibility index (Phi) is 3.63. The second kappa shape index (κ2) is 4.79. The van der Waals surface area contributed by atoms with Crippen molar-refractivity contribution in [1.29, 1.82) is 0 Å². The van der Waals surface area contributed by atoms with E-state index in [9.17, 15) is 0 Å². The van der Waals surface area contributed by atoms with E-state index in [1.165, 1.54) is 11.1 Å². The van der Waals surface area contributed by atoms with Crippen LogP contribution < -0.4 is 0 Å². The van der Waals surface area contributed by atoms with Crippen molar-refractivity contribution in [3.63, 3.8) is 0 Å². The summed E-state index contributed by atoms with van der Waals surface area (Å²) < 4.78 is 0. The van der Waals surface area contributed by atoms with E-state index in [0.29, 0.717) is 0 Å². The van der Waals surface area contributed by atoms with E-state index < -0.39 is 0 Å². The molecule has 0 saturated heterocycles. The maximum Gasteiger partial charge on any atom is -0.00318 e. The summed E-state index contributed by atoms with van der Waals surface area (Å²) in [4.78, 5) is 0. The highest BCUT2D eigenvalue weighted by Crippen LogP contribution is 2.19. The van der Waals surface area contributed by atoms with Crippen molar-refractivity contribution in [2.24, 2.45) is 0 Å². The van der Waals surface area contributed by atoms with Gasteiger partial charge in [-0.3, -0.25) is 0 Å². The topological polar surface area (TPSA) is 0 Å². The largest absolute Gasteiger partial charge is 0.126 e. The van der Waals surface area contributed by atoms with Crippen LogP contribution >= 0.6 is 0 Å². The molecule has 0 aromatic heterocycles. The fraction of sp³-hybridized carbons (Fsp3) is 0.417. The SMILES string of the molecule is C=C1CC=CCCC(=C=CC)C1. The Morgan fingerprint density at radius 1 is 1.50 bits per heavy atom. The third kappa shape index (κ3) is 2.94. The molecule has 0 radical (unpaired) electrons. The van der Waals surface area contributed by atoms with Crippen LogP contribution in [0.25, 0.3) is 0 Å². The molecule has 0 fully saturated rings. The summed E-state index contributed by atoms with van der Waals surface area (Å²) in [5, 5.41) is 0. The Bertz CT molecular complexity index is 247. The van der Waals surface area contributed by atoms with Crippen LogP contribution in [0.4, 0.5) is 0 Å². The quantitative estimate of drug-likeness (QED) is 0.374. The average molecular weight is 160 g/mol. The zero-order valence-electron chi connectivity index (χ0n) is 7.77. The highest BCUT2D eigenvalue weighted by molar-refractivity contribution is 5.17. The van der Waals surface area contributed by atoms with Gasteiger partial charge in [-0.15, -0.1) is 5.73 Å². The van der Waals surface area contributed by atoms with Crippen LogP contribution in [0.3, 0.4) is 0 Å². The number of allylic oxidation sites excluding steroid dienone is 4. The lowest BCUT2D eigenvalue weighted by Gasteiger charge is -2.07. The third-order valence-corrected chi connectivity index (χ3v) is 2.00. The van der Waals surface area contributed by atoms with Gasteiger partial charge in [0.1, 0.15) is 0 Å². The molecule has 0 saturated carbocycles. The van der Waals surface area contributed by atoms with Crippen molar-refractivity contribution in [2.45, 2.75) is 32.6 Å². The molecule has 0 heterocycles. The minimum Gasteiger partial charge on any atom is -0.126 e. The van der Waals surface area contributed by atoms with Crippen LogP contribution in [-0.4, -0.2) is 0 Å². The zero-order chi connectivity index (χ0) is 8.81. The zero-order valence-corrected chi connectivity index (χ0v) is 7.77. The number of hydrogen-bond donors (Lipinski definition) is 0. The standard InChI is InChI=1S/C12H16/c1-3-7-12-9-6-4-5-8-11(2)10-12/h3-5H,2,6,8-10H2,1H3. The third-order valence-electron chi connectivity index (χ3n) is 2.00. The van der Waals surface area contributed by atoms with E-state index >= 15 is 0 Å². The van der Waals surface area contributed by atoms with E-state index in [1.807, 2.05) is 13.0 Å². The molecule has 0 atom stereocenters. The number of rotatable bonds is 0. The summed E-state index contributed by atoms with van der Waals surface area (Å²) in [5.74, 6) is 0. The van der Waals surface area contributed by atoms with Crippen molar-refractivity contribution >= 4 is 0 Å². The van der Waals surface area contributed by atoms with Crippen molar-refractivity contribution in [2.75, 3.05) is 0 Å². The maximum absolute atomic E-state index is 4.02. The molecule has 0 amide bonds. The van der Waals surface area contributed by atoms with Crippen molar-refractivity contribution in [3.05, 3.63) is 41.7 Å². The summed E-state index contributed by atoms with van der Waals surface area (Å²) in [6, 6.07) is 0. The molecule has 0 aliphatic heterocycles. The normalized spacial score (nSPS) is 18.1. The molecule has 1 rings (SSSR count). The lowest BCUT2D eigenvalue weighted by atomic mass is 9.98. The number of hydrogen-bond acceptors (Lipinski definition) is 0. The van der Waals surface area contributed by atoms with Gasteiger partial charge in [-0.25, -0.2) is 0 Å². The first-order chi connectivity index (χ1) is 5.83. The molecule has 0 aromatic carbocycles. The predicted octanol–water partition coefficient (Wildman–Crippen LogP) is 3.77. The van der Waals surface area contributed by atoms with Crippen LogP contribution in [0.5, 0.6) is 0 Å². The molecule has 0 bridgehead atoms. The van der Waals surface area contributed by atoms with Crippen molar-refractivity contribution < 1.29 is 0 Å². The first kappa shape index (κ1) is 9.09. The summed E-state index contributed by atoms with van der Waals surface area (Å²) >= 11 is 0. The second-order valence-electron chi connectivity index (χ2n) is 3.18. The van der Waals surface area contributed by atoms with Crippen molar-refractivity contribution in [1.82, 2.24) is 0 Å². The van der Waals surface area contributed by atoms with E-state index in [0.717, 1.165) is 25.7 Å². The Morgan fingerprint density at radius 3 is 3.08 bits per heavy atom. The summed E-state index contributed by atoms with van der Waals surface area (Å²) in [5.41, 5.74) is 5.98. The fourth-order valence-electron chi connectivity index (χ4n) is 1.42. The van der Waals surface area contributed by atoms with Crippen LogP contribution in [-0.2, 0) is 0 Å². The molecule has 1 aliphatic rings. The van der Waals surface area contributed by atoms with Crippen LogP contribution in [0.2, 0.25) is 0 Å². The lowest BCUT2D eigenvalue weighted by Crippen LogP contribution is -1.89. The average Bonchev–Trinajstić information content (AvgIpc) is 2.00. The fourth-order valence-corrected chi connectivity index (χ4v) is 1.42. The predicted molar refractivity (Wildman–Crippen MR) is 54.0 cm³/mol. The molecular weight excluding hydrogens is 144 g/mol. The van der Waals surface area contributed by atoms with Gasteiger partial charge in [0.25, 0.3) is 0 Å². The molecule has 0 aromatic rings. The monoisotopic (exact) mass is 160 g/mol. The Balaban J connectivity index is 2.73. The van der Waals surface area contributed by atoms with Gasteiger partial charge >= 0.3 is 0 Å². The smallest absolute Gasteiger partial charge is 0.00318 e. The molecule has 1 aliphatic carbocycles. The van der Waals surface area contributed by atoms with Gasteiger partial charge in [-0.1, -0.05) is 24.3 Å². The molecule has 64 valence electrons. The second-order valence-corrected chi connectivity index (χ2v) is 3.18. The van der Waals surface area contributed by atoms with Gasteiger partial charge in [0.2, 0.25) is 0 Å². The van der Waals surface area contributed by atoms with E-state index in [2.05, 4.69) is 24.5 Å². The Morgan fingerprint density at radius 2 is 2.33 bits per heavy atom. The van der Waals surface area contributed by atoms with Crippen LogP contribution in [0.1, 0.15) is 32.6 Å². The van der Waals surface area contributed by atoms with E-state index in [1.54, 1.807) is 0 Å². The Hall–Kier alpha value is -1.00. The van der Waals surface area contributed by atoms with Gasteiger partial charge in [-0.05, 0) is 44.3 Å². The molecular formula is C12H16. The minimum atomic E-state index is 1.04. The summed E-state index contributed by atoms with van der Waals surface area (Å²) in [6.45, 7) is 6.04. The van der Waals surface area contributed by atoms with Gasteiger partial charge in [0, 0.05) is 0 Å². The molecule has 0 heteroatoms. The van der Waals surface area contributed by atoms with E-state index in [-0.39, 0.29) is 0 Å². The first-order valence-electron chi connectivity index (χ1n) is 4.53. The van der Waals surface area contributed by atoms with Crippen LogP contribution in [0.15, 0.2) is 41.7 Å². The molecule has 0 spiro atoms. The van der Waals surface area contributed by atoms with Gasteiger partial charge in [0.05, 0.1) is 0 Å². The first-order valence-corrected chi connectivity index (χ1v) is 4.53. The minimum absolute atomic E-state index is 1.04. The highest BCUT2D eigenvalue weighted by atomic mass is 14.1.